The van der Waals surface area contributed by atoms with Crippen LogP contribution in [0.3, 0.4) is 0 Å². The summed E-state index contributed by atoms with van der Waals surface area (Å²) in [6.45, 7) is 4.86. The molecule has 0 aliphatic carbocycles. The van der Waals surface area contributed by atoms with Gasteiger partial charge in [-0.05, 0) is 57.6 Å². The summed E-state index contributed by atoms with van der Waals surface area (Å²) in [5.74, 6) is 6.62. The second-order valence-corrected chi connectivity index (χ2v) is 9.04. The fraction of sp³-hybridized carbons (Fsp3) is 0.333. The number of hydrogen-bond acceptors (Lipinski definition) is 9. The van der Waals surface area contributed by atoms with Gasteiger partial charge in [-0.25, -0.2) is 4.98 Å². The maximum Gasteiger partial charge on any atom is 0.169 e. The summed E-state index contributed by atoms with van der Waals surface area (Å²) in [5.41, 5.74) is 10.0. The van der Waals surface area contributed by atoms with E-state index >= 15 is 0 Å². The van der Waals surface area contributed by atoms with Gasteiger partial charge in [0.15, 0.2) is 5.82 Å². The first-order valence-electron chi connectivity index (χ1n) is 11.8. The fourth-order valence-electron chi connectivity index (χ4n) is 4.30. The van der Waals surface area contributed by atoms with Crippen molar-refractivity contribution in [3.05, 3.63) is 53.9 Å². The summed E-state index contributed by atoms with van der Waals surface area (Å²) >= 11 is 0. The first-order valence-corrected chi connectivity index (χ1v) is 11.8. The monoisotopic (exact) mass is 482 g/mol. The molecule has 1 aliphatic heterocycles. The van der Waals surface area contributed by atoms with E-state index in [2.05, 4.69) is 49.8 Å². The van der Waals surface area contributed by atoms with Gasteiger partial charge in [-0.2, -0.15) is 5.26 Å². The summed E-state index contributed by atoms with van der Waals surface area (Å²) in [6, 6.07) is 13.3. The largest absolute Gasteiger partial charge is 0.507 e. The highest BCUT2D eigenvalue weighted by atomic mass is 16.3. The molecule has 0 amide bonds. The van der Waals surface area contributed by atoms with Gasteiger partial charge in [0.05, 0.1) is 23.6 Å². The Morgan fingerprint density at radius 2 is 1.94 bits per heavy atom. The van der Waals surface area contributed by atoms with Gasteiger partial charge in [0.1, 0.15) is 23.1 Å². The molecule has 0 radical (unpaired) electrons. The molecule has 1 aromatic carbocycles. The quantitative estimate of drug-likeness (QED) is 0.541. The highest BCUT2D eigenvalue weighted by molar-refractivity contribution is 5.74. The molecule has 36 heavy (non-hydrogen) atoms. The minimum atomic E-state index is 0.143. The Balaban J connectivity index is 1.61. The average molecular weight is 483 g/mol. The van der Waals surface area contributed by atoms with Crippen molar-refractivity contribution in [3.63, 3.8) is 0 Å². The zero-order chi connectivity index (χ0) is 25.7. The van der Waals surface area contributed by atoms with Crippen LogP contribution in [-0.4, -0.2) is 71.5 Å². The Morgan fingerprint density at radius 3 is 2.69 bits per heavy atom. The highest BCUT2D eigenvalue weighted by Gasteiger charge is 2.26. The first-order chi connectivity index (χ1) is 17.4. The van der Waals surface area contributed by atoms with Crippen molar-refractivity contribution in [2.24, 2.45) is 0 Å². The maximum atomic E-state index is 10.3. The Morgan fingerprint density at radius 1 is 1.14 bits per heavy atom. The van der Waals surface area contributed by atoms with Crippen molar-refractivity contribution in [1.82, 2.24) is 20.1 Å². The van der Waals surface area contributed by atoms with Crippen molar-refractivity contribution in [2.45, 2.75) is 19.4 Å². The molecule has 0 spiro atoms. The molecule has 2 aromatic heterocycles. The second kappa shape index (κ2) is 10.9. The van der Waals surface area contributed by atoms with Crippen LogP contribution in [0.25, 0.3) is 11.3 Å². The number of nitrogens with two attached hydrogens (primary N) is 1. The molecule has 184 valence electrons. The van der Waals surface area contributed by atoms with Crippen LogP contribution < -0.4 is 15.5 Å². The first kappa shape index (κ1) is 24.8. The lowest BCUT2D eigenvalue weighted by atomic mass is 10.1. The zero-order valence-corrected chi connectivity index (χ0v) is 20.8. The number of benzene rings is 1. The molecule has 0 saturated carbocycles. The van der Waals surface area contributed by atoms with Crippen LogP contribution in [0, 0.1) is 23.2 Å². The Kier molecular flexibility index (Phi) is 7.53. The molecule has 9 heteroatoms. The van der Waals surface area contributed by atoms with Gasteiger partial charge in [-0.3, -0.25) is 4.90 Å². The van der Waals surface area contributed by atoms with E-state index in [9.17, 15) is 10.4 Å². The second-order valence-electron chi connectivity index (χ2n) is 9.04. The zero-order valence-electron chi connectivity index (χ0n) is 20.8. The van der Waals surface area contributed by atoms with Crippen LogP contribution in [0.1, 0.15) is 24.6 Å². The van der Waals surface area contributed by atoms with Gasteiger partial charge < -0.3 is 20.6 Å². The number of hydrogen-bond donors (Lipinski definition) is 2. The molecule has 3 N–H and O–H groups in total. The Labute approximate surface area is 211 Å². The predicted octanol–water partition coefficient (Wildman–Crippen LogP) is 2.72. The molecule has 1 unspecified atom stereocenters. The van der Waals surface area contributed by atoms with Crippen molar-refractivity contribution in [1.29, 1.82) is 5.26 Å². The van der Waals surface area contributed by atoms with Crippen molar-refractivity contribution < 1.29 is 5.11 Å². The average Bonchev–Trinajstić information content (AvgIpc) is 3.06. The summed E-state index contributed by atoms with van der Waals surface area (Å²) in [4.78, 5) is 10.8. The van der Waals surface area contributed by atoms with Crippen molar-refractivity contribution in [2.75, 3.05) is 55.8 Å². The molecule has 1 atom stereocenters. The van der Waals surface area contributed by atoms with Crippen LogP contribution in [0.2, 0.25) is 0 Å². The van der Waals surface area contributed by atoms with Crippen LogP contribution in [0.4, 0.5) is 17.2 Å². The van der Waals surface area contributed by atoms with Crippen LogP contribution in [0.5, 0.6) is 5.75 Å². The summed E-state index contributed by atoms with van der Waals surface area (Å²) in [5, 5.41) is 28.6. The van der Waals surface area contributed by atoms with E-state index in [1.165, 1.54) is 0 Å². The van der Waals surface area contributed by atoms with E-state index in [4.69, 9.17) is 5.73 Å². The summed E-state index contributed by atoms with van der Waals surface area (Å²) in [7, 11) is 3.90. The number of nitrogens with zero attached hydrogens (tertiary/aromatic N) is 7. The third-order valence-electron chi connectivity index (χ3n) is 6.23. The molecule has 4 rings (SSSR count). The number of phenolic OH excluding ortho intramolecular Hbond substituents is 1. The normalized spacial score (nSPS) is 15.7. The van der Waals surface area contributed by atoms with E-state index in [1.54, 1.807) is 24.4 Å². The topological polar surface area (TPSA) is 118 Å². The number of aromatic nitrogens is 3. The van der Waals surface area contributed by atoms with E-state index in [1.807, 2.05) is 37.2 Å². The fourth-order valence-corrected chi connectivity index (χ4v) is 4.30. The van der Waals surface area contributed by atoms with Gasteiger partial charge in [-0.1, -0.05) is 18.1 Å². The number of nitrogen functional groups attached to an aromatic ring is 1. The molecular formula is C27H30N8O. The lowest BCUT2D eigenvalue weighted by molar-refractivity contribution is 0.464. The van der Waals surface area contributed by atoms with E-state index < -0.39 is 0 Å². The number of aromatic hydroxyl groups is 1. The molecule has 1 saturated heterocycles. The van der Waals surface area contributed by atoms with Gasteiger partial charge in [0.2, 0.25) is 0 Å². The lowest BCUT2D eigenvalue weighted by Gasteiger charge is -2.30. The molecule has 1 aliphatic rings. The number of pyridine rings is 1. The summed E-state index contributed by atoms with van der Waals surface area (Å²) < 4.78 is 0. The molecule has 1 fully saturated rings. The Bertz CT molecular complexity index is 1340. The van der Waals surface area contributed by atoms with Crippen molar-refractivity contribution in [3.8, 4) is 34.9 Å². The van der Waals surface area contributed by atoms with Crippen LogP contribution >= 0.6 is 0 Å². The minimum Gasteiger partial charge on any atom is -0.507 e. The molecular weight excluding hydrogens is 452 g/mol. The lowest BCUT2D eigenvalue weighted by Crippen LogP contribution is -2.35. The summed E-state index contributed by atoms with van der Waals surface area (Å²) in [6.07, 6.45) is 2.57. The van der Waals surface area contributed by atoms with Gasteiger partial charge in [0.25, 0.3) is 0 Å². The predicted molar refractivity (Wildman–Crippen MR) is 142 cm³/mol. The molecule has 0 bridgehead atoms. The third-order valence-corrected chi connectivity index (χ3v) is 6.23. The number of phenols is 1. The smallest absolute Gasteiger partial charge is 0.169 e. The van der Waals surface area contributed by atoms with Crippen LogP contribution in [-0.2, 0) is 0 Å². The standard InChI is InChI=1S/C27H30N8O/c1-19-11-14-34(25-17-23(31-32-27(25)29)20-7-4-5-9-26(20)36)15-16-35(19)24-10-12-30-22(21(24)18-28)8-6-13-33(2)3/h4-5,7,9-10,12,17,19,36H,11,13-16H2,1-3H3,(H2,29,32). The number of anilines is 3. The van der Waals surface area contributed by atoms with E-state index in [-0.39, 0.29) is 11.8 Å². The van der Waals surface area contributed by atoms with E-state index in [0.717, 1.165) is 24.3 Å². The number of para-hydroxylation sites is 1. The van der Waals surface area contributed by atoms with Crippen molar-refractivity contribution >= 4 is 17.2 Å². The maximum absolute atomic E-state index is 10.3. The molecule has 9 nitrogen and oxygen atoms in total. The van der Waals surface area contributed by atoms with Gasteiger partial charge in [-0.15, -0.1) is 10.2 Å². The molecule has 3 aromatic rings. The number of rotatable bonds is 4. The number of nitriles is 1. The molecule has 3 heterocycles. The third kappa shape index (κ3) is 5.32. The minimum absolute atomic E-state index is 0.143. The van der Waals surface area contributed by atoms with Crippen LogP contribution in [0.15, 0.2) is 42.6 Å². The SMILES string of the molecule is CC1CCN(c2cc(-c3ccccc3O)nnc2N)CCN1c1ccnc(C#CCN(C)C)c1C#N. The Hall–Kier alpha value is -4.34. The van der Waals surface area contributed by atoms with Gasteiger partial charge in [0, 0.05) is 37.4 Å². The van der Waals surface area contributed by atoms with Gasteiger partial charge >= 0.3 is 0 Å². The van der Waals surface area contributed by atoms with E-state index in [0.29, 0.717) is 48.0 Å². The highest BCUT2D eigenvalue weighted by Crippen LogP contribution is 2.33.